The van der Waals surface area contributed by atoms with E-state index >= 15 is 0 Å². The van der Waals surface area contributed by atoms with E-state index in [-0.39, 0.29) is 5.75 Å². The van der Waals surface area contributed by atoms with Crippen molar-refractivity contribution >= 4 is 41.0 Å². The van der Waals surface area contributed by atoms with Crippen molar-refractivity contribution in [1.29, 1.82) is 0 Å². The van der Waals surface area contributed by atoms with Crippen LogP contribution in [0.3, 0.4) is 0 Å². The molecule has 0 radical (unpaired) electrons. The highest BCUT2D eigenvalue weighted by Gasteiger charge is 2.56. The Hall–Kier alpha value is -1.58. The molecule has 1 fully saturated rings. The minimum atomic E-state index is -1.60. The van der Waals surface area contributed by atoms with Crippen molar-refractivity contribution in [2.45, 2.75) is 44.0 Å². The van der Waals surface area contributed by atoms with Crippen molar-refractivity contribution in [2.75, 3.05) is 5.75 Å². The maximum absolute atomic E-state index is 11.5. The van der Waals surface area contributed by atoms with Gasteiger partial charge in [0.25, 0.3) is 0 Å². The van der Waals surface area contributed by atoms with Gasteiger partial charge in [0.2, 0.25) is 0 Å². The summed E-state index contributed by atoms with van der Waals surface area (Å²) in [7, 11) is 0. The highest BCUT2D eigenvalue weighted by atomic mass is 32.2. The Morgan fingerprint density at radius 3 is 2.25 bits per heavy atom. The number of hydrogen-bond donors (Lipinski definition) is 1. The molecular formula is C15H18O7S2. The van der Waals surface area contributed by atoms with E-state index in [9.17, 15) is 19.5 Å². The number of thiophene rings is 1. The fourth-order valence-corrected chi connectivity index (χ4v) is 4.77. The third kappa shape index (κ3) is 4.08. The molecule has 0 spiro atoms. The van der Waals surface area contributed by atoms with Gasteiger partial charge in [0.05, 0.1) is 4.88 Å². The zero-order valence-electron chi connectivity index (χ0n) is 13.4. The van der Waals surface area contributed by atoms with Gasteiger partial charge in [-0.05, 0) is 11.4 Å². The number of esters is 3. The summed E-state index contributed by atoms with van der Waals surface area (Å²) in [6.45, 7) is 3.62. The summed E-state index contributed by atoms with van der Waals surface area (Å²) in [5.41, 5.74) is 0. The fraction of sp³-hybridized carbons (Fsp3) is 0.533. The van der Waals surface area contributed by atoms with Gasteiger partial charge in [-0.3, -0.25) is 14.4 Å². The van der Waals surface area contributed by atoms with Gasteiger partial charge in [0.15, 0.2) is 23.2 Å². The maximum Gasteiger partial charge on any atom is 0.303 e. The lowest BCUT2D eigenvalue weighted by molar-refractivity contribution is -0.197. The Balaban J connectivity index is 2.42. The molecule has 1 saturated heterocycles. The van der Waals surface area contributed by atoms with Crippen molar-refractivity contribution in [3.63, 3.8) is 0 Å². The molecule has 0 amide bonds. The Morgan fingerprint density at radius 2 is 1.75 bits per heavy atom. The van der Waals surface area contributed by atoms with Crippen molar-refractivity contribution in [3.05, 3.63) is 22.4 Å². The molecule has 1 aliphatic heterocycles. The molecule has 24 heavy (non-hydrogen) atoms. The second-order valence-corrected chi connectivity index (χ2v) is 7.43. The summed E-state index contributed by atoms with van der Waals surface area (Å²) in [4.78, 5) is 33.3. The largest absolute Gasteiger partial charge is 0.458 e. The van der Waals surface area contributed by atoms with Gasteiger partial charge in [0, 0.05) is 26.5 Å². The van der Waals surface area contributed by atoms with E-state index in [0.29, 0.717) is 4.88 Å². The van der Waals surface area contributed by atoms with Crippen LogP contribution in [0.4, 0.5) is 0 Å². The SMILES string of the molecule is CC(=O)O[C@@H]1[C@@H](OC(C)=O)C(O)(c2cccs2)SC[C@H]1OC(C)=O. The molecule has 0 aliphatic carbocycles. The minimum absolute atomic E-state index is 0.184. The zero-order valence-corrected chi connectivity index (χ0v) is 15.0. The van der Waals surface area contributed by atoms with E-state index in [0.717, 1.165) is 11.8 Å². The second-order valence-electron chi connectivity index (χ2n) is 5.24. The number of aliphatic hydroxyl groups is 1. The Kier molecular flexibility index (Phi) is 5.89. The topological polar surface area (TPSA) is 99.1 Å². The molecule has 1 aromatic heterocycles. The minimum Gasteiger partial charge on any atom is -0.458 e. The van der Waals surface area contributed by atoms with Crippen LogP contribution in [0.5, 0.6) is 0 Å². The van der Waals surface area contributed by atoms with E-state index in [1.165, 1.54) is 32.1 Å². The average molecular weight is 374 g/mol. The lowest BCUT2D eigenvalue weighted by Crippen LogP contribution is -2.58. The van der Waals surface area contributed by atoms with Crippen molar-refractivity contribution in [3.8, 4) is 0 Å². The number of carbonyl (C=O) groups excluding carboxylic acids is 3. The molecule has 2 rings (SSSR count). The van der Waals surface area contributed by atoms with Gasteiger partial charge in [-0.1, -0.05) is 6.07 Å². The Bertz CT molecular complexity index is 615. The molecule has 0 bridgehead atoms. The summed E-state index contributed by atoms with van der Waals surface area (Å²) >= 11 is 2.36. The van der Waals surface area contributed by atoms with Gasteiger partial charge in [-0.2, -0.15) is 0 Å². The summed E-state index contributed by atoms with van der Waals surface area (Å²) < 4.78 is 15.7. The van der Waals surface area contributed by atoms with Crippen LogP contribution in [-0.2, 0) is 33.5 Å². The monoisotopic (exact) mass is 374 g/mol. The maximum atomic E-state index is 11.5. The van der Waals surface area contributed by atoms with E-state index in [1.54, 1.807) is 17.5 Å². The molecule has 2 heterocycles. The quantitative estimate of drug-likeness (QED) is 0.624. The lowest BCUT2D eigenvalue weighted by atomic mass is 10.00. The van der Waals surface area contributed by atoms with Crippen LogP contribution in [0.25, 0.3) is 0 Å². The zero-order chi connectivity index (χ0) is 17.9. The predicted molar refractivity (Wildman–Crippen MR) is 87.3 cm³/mol. The number of rotatable bonds is 4. The van der Waals surface area contributed by atoms with Crippen molar-refractivity contribution in [1.82, 2.24) is 0 Å². The number of hydrogen-bond acceptors (Lipinski definition) is 9. The summed E-state index contributed by atoms with van der Waals surface area (Å²) in [6, 6.07) is 3.45. The summed E-state index contributed by atoms with van der Waals surface area (Å²) in [6.07, 6.45) is -3.15. The Morgan fingerprint density at radius 1 is 1.12 bits per heavy atom. The summed E-state index contributed by atoms with van der Waals surface area (Å²) in [5, 5.41) is 12.9. The van der Waals surface area contributed by atoms with Gasteiger partial charge in [0.1, 0.15) is 0 Å². The predicted octanol–water partition coefficient (Wildman–Crippen LogP) is 1.44. The fourth-order valence-electron chi connectivity index (χ4n) is 2.47. The van der Waals surface area contributed by atoms with E-state index < -0.39 is 41.2 Å². The molecule has 1 N–H and O–H groups in total. The molecule has 7 nitrogen and oxygen atoms in total. The molecule has 1 unspecified atom stereocenters. The van der Waals surface area contributed by atoms with Crippen LogP contribution < -0.4 is 0 Å². The number of carbonyl (C=O) groups is 3. The molecule has 132 valence electrons. The van der Waals surface area contributed by atoms with Gasteiger partial charge >= 0.3 is 17.9 Å². The molecule has 0 saturated carbocycles. The smallest absolute Gasteiger partial charge is 0.303 e. The summed E-state index contributed by atoms with van der Waals surface area (Å²) in [5.74, 6) is -1.64. The molecular weight excluding hydrogens is 356 g/mol. The first kappa shape index (κ1) is 18.8. The highest BCUT2D eigenvalue weighted by molar-refractivity contribution is 8.00. The van der Waals surface area contributed by atoms with Gasteiger partial charge in [-0.15, -0.1) is 23.1 Å². The average Bonchev–Trinajstić information content (AvgIpc) is 2.99. The molecule has 1 aliphatic rings. The third-order valence-corrected chi connectivity index (χ3v) is 5.82. The molecule has 4 atom stereocenters. The van der Waals surface area contributed by atoms with Gasteiger partial charge < -0.3 is 19.3 Å². The molecule has 1 aromatic rings. The normalized spacial score (nSPS) is 29.6. The van der Waals surface area contributed by atoms with E-state index in [4.69, 9.17) is 14.2 Å². The second kappa shape index (κ2) is 7.54. The third-order valence-electron chi connectivity index (χ3n) is 3.30. The molecule has 0 aromatic carbocycles. The first-order chi connectivity index (χ1) is 11.2. The molecule has 9 heteroatoms. The van der Waals surface area contributed by atoms with Crippen LogP contribution in [0, 0.1) is 0 Å². The van der Waals surface area contributed by atoms with Crippen molar-refractivity contribution in [2.24, 2.45) is 0 Å². The Labute approximate surface area is 147 Å². The lowest BCUT2D eigenvalue weighted by Gasteiger charge is -2.44. The van der Waals surface area contributed by atoms with Crippen molar-refractivity contribution < 1.29 is 33.7 Å². The first-order valence-corrected chi connectivity index (χ1v) is 9.02. The van der Waals surface area contributed by atoms with Crippen LogP contribution in [0.2, 0.25) is 0 Å². The van der Waals surface area contributed by atoms with Crippen LogP contribution in [0.15, 0.2) is 17.5 Å². The first-order valence-electron chi connectivity index (χ1n) is 7.16. The van der Waals surface area contributed by atoms with Crippen LogP contribution in [-0.4, -0.2) is 47.1 Å². The number of ether oxygens (including phenoxy) is 3. The van der Waals surface area contributed by atoms with E-state index in [1.807, 2.05) is 0 Å². The van der Waals surface area contributed by atoms with Crippen LogP contribution in [0.1, 0.15) is 25.6 Å². The highest BCUT2D eigenvalue weighted by Crippen LogP contribution is 2.47. The van der Waals surface area contributed by atoms with Gasteiger partial charge in [-0.25, -0.2) is 0 Å². The van der Waals surface area contributed by atoms with E-state index in [2.05, 4.69) is 0 Å². The van der Waals surface area contributed by atoms with Crippen LogP contribution >= 0.6 is 23.1 Å². The standard InChI is InChI=1S/C15H18O7S2/c1-8(16)20-11-7-24-15(19,12-5-4-6-23-12)14(22-10(3)18)13(11)21-9(2)17/h4-6,11,13-14,19H,7H2,1-3H3/t11-,13+,14-,15?/m1/s1. The number of thioether (sulfide) groups is 1.